The third-order valence-electron chi connectivity index (χ3n) is 6.33. The summed E-state index contributed by atoms with van der Waals surface area (Å²) in [5.41, 5.74) is 7.39. The summed E-state index contributed by atoms with van der Waals surface area (Å²) in [5.74, 6) is 0.874. The predicted molar refractivity (Wildman–Crippen MR) is 132 cm³/mol. The van der Waals surface area contributed by atoms with Gasteiger partial charge in [0.05, 0.1) is 6.67 Å². The molecule has 1 fully saturated rings. The number of rotatable bonds is 9. The molecular formula is C29H32FNO. The van der Waals surface area contributed by atoms with Crippen LogP contribution in [0.25, 0.3) is 11.1 Å². The van der Waals surface area contributed by atoms with Gasteiger partial charge in [-0.15, -0.1) is 0 Å². The lowest BCUT2D eigenvalue weighted by Gasteiger charge is -2.28. The van der Waals surface area contributed by atoms with E-state index in [1.165, 1.54) is 27.9 Å². The van der Waals surface area contributed by atoms with E-state index in [0.29, 0.717) is 12.3 Å². The molecule has 1 heterocycles. The van der Waals surface area contributed by atoms with Gasteiger partial charge in [0, 0.05) is 19.0 Å². The van der Waals surface area contributed by atoms with Gasteiger partial charge >= 0.3 is 0 Å². The summed E-state index contributed by atoms with van der Waals surface area (Å²) in [6.07, 6.45) is 13.4. The fourth-order valence-electron chi connectivity index (χ4n) is 4.43. The molecule has 0 aromatic heterocycles. The van der Waals surface area contributed by atoms with Crippen LogP contribution in [0.1, 0.15) is 43.2 Å². The van der Waals surface area contributed by atoms with E-state index in [9.17, 15) is 9.50 Å². The van der Waals surface area contributed by atoms with E-state index in [2.05, 4.69) is 53.9 Å². The molecule has 2 aliphatic rings. The van der Waals surface area contributed by atoms with Crippen LogP contribution in [0.4, 0.5) is 4.39 Å². The maximum Gasteiger partial charge on any atom is 0.115 e. The molecule has 1 aliphatic heterocycles. The van der Waals surface area contributed by atoms with Gasteiger partial charge in [0.25, 0.3) is 0 Å². The highest BCUT2D eigenvalue weighted by Gasteiger charge is 2.21. The Morgan fingerprint density at radius 1 is 0.875 bits per heavy atom. The minimum atomic E-state index is -0.256. The number of halogens is 1. The molecule has 2 N–H and O–H groups in total. The Hall–Kier alpha value is -2.91. The number of aromatic hydroxyl groups is 1. The van der Waals surface area contributed by atoms with Crippen LogP contribution in [0.3, 0.4) is 0 Å². The number of unbranched alkanes of at least 4 members (excludes halogenated alkanes) is 2. The lowest BCUT2D eigenvalue weighted by Crippen LogP contribution is -2.42. The van der Waals surface area contributed by atoms with Gasteiger partial charge in [0.15, 0.2) is 0 Å². The standard InChI is InChI=1S/C29H32FNO/c30-19-6-2-5-12-28(23-8-3-1-4-9-23)29(25-15-17-27(32)18-16-25)24-11-7-10-22(13-14-24)26-20-31-21-26/h1,3-4,8-11,13-18,26,31-32H,2,5-7,12,19-21H2/b29-28+. The molecule has 4 rings (SSSR count). The highest BCUT2D eigenvalue weighted by molar-refractivity contribution is 5.99. The van der Waals surface area contributed by atoms with Crippen molar-refractivity contribution in [3.05, 3.63) is 101 Å². The van der Waals surface area contributed by atoms with Gasteiger partial charge < -0.3 is 10.4 Å². The Labute approximate surface area is 190 Å². The second kappa shape index (κ2) is 11.1. The molecule has 1 aliphatic carbocycles. The molecule has 166 valence electrons. The fourth-order valence-corrected chi connectivity index (χ4v) is 4.43. The van der Waals surface area contributed by atoms with Crippen molar-refractivity contribution in [2.45, 2.75) is 32.1 Å². The lowest BCUT2D eigenvalue weighted by molar-refractivity contribution is 0.405. The van der Waals surface area contributed by atoms with Crippen molar-refractivity contribution >= 4 is 11.1 Å². The van der Waals surface area contributed by atoms with Crippen molar-refractivity contribution in [1.29, 1.82) is 0 Å². The molecule has 2 nitrogen and oxygen atoms in total. The average molecular weight is 430 g/mol. The van der Waals surface area contributed by atoms with Crippen molar-refractivity contribution in [1.82, 2.24) is 5.32 Å². The van der Waals surface area contributed by atoms with Crippen molar-refractivity contribution in [2.75, 3.05) is 19.8 Å². The first-order valence-corrected chi connectivity index (χ1v) is 11.7. The summed E-state index contributed by atoms with van der Waals surface area (Å²) >= 11 is 0. The molecule has 0 unspecified atom stereocenters. The van der Waals surface area contributed by atoms with Gasteiger partial charge in [0.1, 0.15) is 5.75 Å². The highest BCUT2D eigenvalue weighted by atomic mass is 19.1. The molecule has 0 radical (unpaired) electrons. The number of phenolic OH excluding ortho intramolecular Hbond substituents is 1. The van der Waals surface area contributed by atoms with Crippen molar-refractivity contribution < 1.29 is 9.50 Å². The molecule has 2 aromatic carbocycles. The molecule has 32 heavy (non-hydrogen) atoms. The molecule has 3 heteroatoms. The van der Waals surface area contributed by atoms with Crippen molar-refractivity contribution in [3.63, 3.8) is 0 Å². The summed E-state index contributed by atoms with van der Waals surface area (Å²) < 4.78 is 12.7. The summed E-state index contributed by atoms with van der Waals surface area (Å²) in [6, 6.07) is 18.0. The number of nitrogens with one attached hydrogen (secondary N) is 1. The maximum atomic E-state index is 12.7. The van der Waals surface area contributed by atoms with E-state index in [-0.39, 0.29) is 12.4 Å². The van der Waals surface area contributed by atoms with Crippen LogP contribution >= 0.6 is 0 Å². The first kappa shape index (κ1) is 22.3. The monoisotopic (exact) mass is 429 g/mol. The second-order valence-corrected chi connectivity index (χ2v) is 8.55. The molecule has 0 bridgehead atoms. The average Bonchev–Trinajstić information content (AvgIpc) is 3.02. The van der Waals surface area contributed by atoms with Crippen LogP contribution in [0.15, 0.2) is 90.0 Å². The zero-order valence-electron chi connectivity index (χ0n) is 18.6. The topological polar surface area (TPSA) is 32.3 Å². The molecule has 0 atom stereocenters. The summed E-state index contributed by atoms with van der Waals surface area (Å²) in [4.78, 5) is 0. The van der Waals surface area contributed by atoms with Crippen LogP contribution in [0.5, 0.6) is 5.75 Å². The Morgan fingerprint density at radius 2 is 1.66 bits per heavy atom. The summed E-state index contributed by atoms with van der Waals surface area (Å²) in [7, 11) is 0. The minimum Gasteiger partial charge on any atom is -0.508 e. The maximum absolute atomic E-state index is 12.7. The van der Waals surface area contributed by atoms with Crippen LogP contribution in [0, 0.1) is 5.92 Å². The molecule has 0 spiro atoms. The first-order valence-electron chi connectivity index (χ1n) is 11.7. The van der Waals surface area contributed by atoms with Crippen LogP contribution < -0.4 is 5.32 Å². The highest BCUT2D eigenvalue weighted by Crippen LogP contribution is 2.38. The Morgan fingerprint density at radius 3 is 2.34 bits per heavy atom. The van der Waals surface area contributed by atoms with Crippen LogP contribution in [0.2, 0.25) is 0 Å². The number of alkyl halides is 1. The number of phenols is 1. The molecular weight excluding hydrogens is 397 g/mol. The van der Waals surface area contributed by atoms with Gasteiger partial charge in [-0.05, 0) is 71.2 Å². The number of hydrogen-bond donors (Lipinski definition) is 2. The fraction of sp³-hybridized carbons (Fsp3) is 0.310. The predicted octanol–water partition coefficient (Wildman–Crippen LogP) is 6.87. The van der Waals surface area contributed by atoms with E-state index in [4.69, 9.17) is 0 Å². The van der Waals surface area contributed by atoms with Crippen LogP contribution in [-0.4, -0.2) is 24.9 Å². The molecule has 0 amide bonds. The van der Waals surface area contributed by atoms with E-state index < -0.39 is 0 Å². The summed E-state index contributed by atoms with van der Waals surface area (Å²) in [6.45, 7) is 1.85. The minimum absolute atomic E-state index is 0.256. The van der Waals surface area contributed by atoms with Crippen molar-refractivity contribution in [3.8, 4) is 5.75 Å². The zero-order valence-corrected chi connectivity index (χ0v) is 18.6. The zero-order chi connectivity index (χ0) is 22.2. The second-order valence-electron chi connectivity index (χ2n) is 8.55. The Bertz CT molecular complexity index is 1010. The van der Waals surface area contributed by atoms with Crippen LogP contribution in [-0.2, 0) is 0 Å². The van der Waals surface area contributed by atoms with Gasteiger partial charge in [-0.25, -0.2) is 0 Å². The van der Waals surface area contributed by atoms with Gasteiger partial charge in [-0.1, -0.05) is 73.2 Å². The van der Waals surface area contributed by atoms with Crippen molar-refractivity contribution in [2.24, 2.45) is 5.92 Å². The number of benzene rings is 2. The number of hydrogen-bond acceptors (Lipinski definition) is 2. The lowest BCUT2D eigenvalue weighted by atomic mass is 9.86. The summed E-state index contributed by atoms with van der Waals surface area (Å²) in [5, 5.41) is 13.3. The van der Waals surface area contributed by atoms with Gasteiger partial charge in [0.2, 0.25) is 0 Å². The Kier molecular flexibility index (Phi) is 7.73. The third-order valence-corrected chi connectivity index (χ3v) is 6.33. The Balaban J connectivity index is 1.77. The largest absolute Gasteiger partial charge is 0.508 e. The van der Waals surface area contributed by atoms with E-state index >= 15 is 0 Å². The van der Waals surface area contributed by atoms with Gasteiger partial charge in [-0.2, -0.15) is 0 Å². The first-order chi connectivity index (χ1) is 15.8. The number of allylic oxidation sites excluding steroid dienone is 7. The quantitative estimate of drug-likeness (QED) is 0.337. The third kappa shape index (κ3) is 5.46. The molecule has 1 saturated heterocycles. The molecule has 0 saturated carbocycles. The van der Waals surface area contributed by atoms with E-state index in [1.54, 1.807) is 12.1 Å². The molecule has 2 aromatic rings. The normalized spacial score (nSPS) is 17.2. The van der Waals surface area contributed by atoms with E-state index in [1.807, 2.05) is 18.2 Å². The van der Waals surface area contributed by atoms with Gasteiger partial charge in [-0.3, -0.25) is 4.39 Å². The smallest absolute Gasteiger partial charge is 0.115 e. The van der Waals surface area contributed by atoms with E-state index in [0.717, 1.165) is 44.3 Å². The SMILES string of the molecule is Oc1ccc(/C(C2=CCC=C(C3CNC3)C=C2)=C(\CCCCCF)c2ccccc2)cc1.